The number of nitrogens with one attached hydrogen (secondary N) is 1. The fourth-order valence-electron chi connectivity index (χ4n) is 1.69. The van der Waals surface area contributed by atoms with Crippen molar-refractivity contribution in [2.45, 2.75) is 13.5 Å². The van der Waals surface area contributed by atoms with Crippen molar-refractivity contribution in [2.24, 2.45) is 7.05 Å². The molecular formula is C12H12N6O2S. The number of rotatable bonds is 4. The molecule has 21 heavy (non-hydrogen) atoms. The molecule has 3 rings (SSSR count). The molecule has 1 amide bonds. The van der Waals surface area contributed by atoms with Gasteiger partial charge in [0.25, 0.3) is 5.91 Å². The van der Waals surface area contributed by atoms with E-state index in [1.165, 1.54) is 11.3 Å². The van der Waals surface area contributed by atoms with Crippen molar-refractivity contribution in [3.05, 3.63) is 34.4 Å². The van der Waals surface area contributed by atoms with E-state index in [0.29, 0.717) is 17.4 Å². The second-order valence-electron chi connectivity index (χ2n) is 4.35. The molecule has 0 spiro atoms. The number of amides is 1. The maximum atomic E-state index is 11.8. The van der Waals surface area contributed by atoms with Gasteiger partial charge in [0, 0.05) is 18.6 Å². The maximum Gasteiger partial charge on any atom is 0.271 e. The molecule has 0 saturated carbocycles. The first-order valence-electron chi connectivity index (χ1n) is 6.14. The molecule has 108 valence electrons. The van der Waals surface area contributed by atoms with Gasteiger partial charge in [-0.1, -0.05) is 5.16 Å². The van der Waals surface area contributed by atoms with Gasteiger partial charge in [-0.15, -0.1) is 11.3 Å². The smallest absolute Gasteiger partial charge is 0.271 e. The van der Waals surface area contributed by atoms with E-state index in [2.05, 4.69) is 25.5 Å². The van der Waals surface area contributed by atoms with Gasteiger partial charge in [0.05, 0.1) is 23.3 Å². The van der Waals surface area contributed by atoms with Crippen LogP contribution < -0.4 is 5.32 Å². The third-order valence-electron chi connectivity index (χ3n) is 2.68. The molecule has 0 fully saturated rings. The molecular weight excluding hydrogens is 292 g/mol. The van der Waals surface area contributed by atoms with Crippen molar-refractivity contribution in [3.8, 4) is 11.4 Å². The van der Waals surface area contributed by atoms with E-state index in [4.69, 9.17) is 4.52 Å². The first kappa shape index (κ1) is 13.4. The number of nitrogens with zero attached hydrogens (tertiary/aromatic N) is 5. The number of hydrogen-bond donors (Lipinski definition) is 1. The lowest BCUT2D eigenvalue weighted by atomic mass is 10.3. The standard InChI is InChI=1S/C12H12N6O2S/c1-7-15-9(6-21-7)12(19)13-4-10-16-11(17-20-10)8-3-14-18(2)5-8/h3,5-6H,4H2,1-2H3,(H,13,19). The highest BCUT2D eigenvalue weighted by Crippen LogP contribution is 2.14. The highest BCUT2D eigenvalue weighted by atomic mass is 32.1. The normalized spacial score (nSPS) is 10.8. The van der Waals surface area contributed by atoms with Gasteiger partial charge in [-0.25, -0.2) is 4.98 Å². The molecule has 0 radical (unpaired) electrons. The molecule has 0 aliphatic heterocycles. The van der Waals surface area contributed by atoms with E-state index in [-0.39, 0.29) is 12.5 Å². The summed E-state index contributed by atoms with van der Waals surface area (Å²) in [4.78, 5) is 20.1. The highest BCUT2D eigenvalue weighted by molar-refractivity contribution is 7.09. The van der Waals surface area contributed by atoms with Gasteiger partial charge < -0.3 is 9.84 Å². The Bertz CT molecular complexity index is 774. The summed E-state index contributed by atoms with van der Waals surface area (Å²) in [6.45, 7) is 2.00. The number of aryl methyl sites for hydroxylation is 2. The minimum Gasteiger partial charge on any atom is -0.342 e. The van der Waals surface area contributed by atoms with Crippen molar-refractivity contribution in [1.82, 2.24) is 30.2 Å². The Kier molecular flexibility index (Phi) is 3.48. The SMILES string of the molecule is Cc1nc(C(=O)NCc2nc(-c3cnn(C)c3)no2)cs1. The number of hydrogen-bond acceptors (Lipinski definition) is 7. The maximum absolute atomic E-state index is 11.8. The summed E-state index contributed by atoms with van der Waals surface area (Å²) < 4.78 is 6.74. The van der Waals surface area contributed by atoms with Gasteiger partial charge in [0.2, 0.25) is 11.7 Å². The molecule has 0 unspecified atom stereocenters. The lowest BCUT2D eigenvalue weighted by molar-refractivity contribution is 0.0942. The Balaban J connectivity index is 1.64. The molecule has 0 aliphatic carbocycles. The summed E-state index contributed by atoms with van der Waals surface area (Å²) in [6.07, 6.45) is 3.43. The van der Waals surface area contributed by atoms with Gasteiger partial charge in [-0.2, -0.15) is 10.1 Å². The van der Waals surface area contributed by atoms with E-state index in [1.807, 2.05) is 6.92 Å². The zero-order valence-corrected chi connectivity index (χ0v) is 12.2. The average Bonchev–Trinajstić information content (AvgIpc) is 3.16. The van der Waals surface area contributed by atoms with Crippen LogP contribution in [-0.4, -0.2) is 30.8 Å². The predicted molar refractivity (Wildman–Crippen MR) is 74.5 cm³/mol. The van der Waals surface area contributed by atoms with E-state index >= 15 is 0 Å². The molecule has 0 bridgehead atoms. The second-order valence-corrected chi connectivity index (χ2v) is 5.41. The van der Waals surface area contributed by atoms with Gasteiger partial charge in [0.15, 0.2) is 0 Å². The lowest BCUT2D eigenvalue weighted by Gasteiger charge is -1.97. The Morgan fingerprint density at radius 2 is 2.33 bits per heavy atom. The molecule has 3 aromatic rings. The van der Waals surface area contributed by atoms with Gasteiger partial charge in [-0.3, -0.25) is 9.48 Å². The van der Waals surface area contributed by atoms with Crippen LogP contribution in [0.3, 0.4) is 0 Å². The van der Waals surface area contributed by atoms with Crippen molar-refractivity contribution in [3.63, 3.8) is 0 Å². The quantitative estimate of drug-likeness (QED) is 0.776. The molecule has 0 aliphatic rings. The largest absolute Gasteiger partial charge is 0.342 e. The summed E-state index contributed by atoms with van der Waals surface area (Å²) in [7, 11) is 1.81. The van der Waals surface area contributed by atoms with Crippen LogP contribution >= 0.6 is 11.3 Å². The molecule has 3 aromatic heterocycles. The summed E-state index contributed by atoms with van der Waals surface area (Å²) >= 11 is 1.43. The Morgan fingerprint density at radius 3 is 3.00 bits per heavy atom. The van der Waals surface area contributed by atoms with Gasteiger partial charge >= 0.3 is 0 Å². The fraction of sp³-hybridized carbons (Fsp3) is 0.250. The summed E-state index contributed by atoms with van der Waals surface area (Å²) in [6, 6.07) is 0. The predicted octanol–water partition coefficient (Wildman–Crippen LogP) is 1.17. The molecule has 9 heteroatoms. The fourth-order valence-corrected chi connectivity index (χ4v) is 2.29. The van der Waals surface area contributed by atoms with Crippen LogP contribution in [0.25, 0.3) is 11.4 Å². The number of thiazole rings is 1. The third kappa shape index (κ3) is 2.97. The van der Waals surface area contributed by atoms with E-state index < -0.39 is 0 Å². The zero-order chi connectivity index (χ0) is 14.8. The lowest BCUT2D eigenvalue weighted by Crippen LogP contribution is -2.23. The van der Waals surface area contributed by atoms with Crippen LogP contribution in [0.4, 0.5) is 0 Å². The average molecular weight is 304 g/mol. The Hall–Kier alpha value is -2.55. The van der Waals surface area contributed by atoms with E-state index in [9.17, 15) is 4.79 Å². The first-order valence-corrected chi connectivity index (χ1v) is 7.02. The second kappa shape index (κ2) is 5.44. The zero-order valence-electron chi connectivity index (χ0n) is 11.4. The minimum absolute atomic E-state index is 0.155. The highest BCUT2D eigenvalue weighted by Gasteiger charge is 2.13. The van der Waals surface area contributed by atoms with Crippen molar-refractivity contribution < 1.29 is 9.32 Å². The molecule has 0 saturated heterocycles. The monoisotopic (exact) mass is 304 g/mol. The van der Waals surface area contributed by atoms with Gasteiger partial charge in [0.1, 0.15) is 5.69 Å². The van der Waals surface area contributed by atoms with Crippen LogP contribution in [0, 0.1) is 6.92 Å². The molecule has 1 N–H and O–H groups in total. The Morgan fingerprint density at radius 1 is 1.48 bits per heavy atom. The van der Waals surface area contributed by atoms with Gasteiger partial charge in [-0.05, 0) is 6.92 Å². The van der Waals surface area contributed by atoms with Crippen molar-refractivity contribution in [1.29, 1.82) is 0 Å². The van der Waals surface area contributed by atoms with Crippen LogP contribution in [0.2, 0.25) is 0 Å². The topological polar surface area (TPSA) is 98.7 Å². The van der Waals surface area contributed by atoms with Crippen LogP contribution in [0.15, 0.2) is 22.3 Å². The van der Waals surface area contributed by atoms with E-state index in [1.54, 1.807) is 29.5 Å². The number of carbonyl (C=O) groups is 1. The summed E-state index contributed by atoms with van der Waals surface area (Å²) in [5.41, 5.74) is 1.15. The minimum atomic E-state index is -0.263. The molecule has 0 atom stereocenters. The molecule has 8 nitrogen and oxygen atoms in total. The molecule has 0 aromatic carbocycles. The van der Waals surface area contributed by atoms with Crippen LogP contribution in [-0.2, 0) is 13.6 Å². The van der Waals surface area contributed by atoms with E-state index in [0.717, 1.165) is 10.6 Å². The van der Waals surface area contributed by atoms with Crippen molar-refractivity contribution >= 4 is 17.2 Å². The number of aromatic nitrogens is 5. The van der Waals surface area contributed by atoms with Crippen LogP contribution in [0.5, 0.6) is 0 Å². The summed E-state index contributed by atoms with van der Waals surface area (Å²) in [5, 5.41) is 13.1. The Labute approximate surface area is 123 Å². The third-order valence-corrected chi connectivity index (χ3v) is 3.46. The summed E-state index contributed by atoms with van der Waals surface area (Å²) in [5.74, 6) is 0.506. The van der Waals surface area contributed by atoms with Crippen LogP contribution in [0.1, 0.15) is 21.4 Å². The molecule has 3 heterocycles. The first-order chi connectivity index (χ1) is 10.1. The van der Waals surface area contributed by atoms with Crippen molar-refractivity contribution in [2.75, 3.05) is 0 Å². The number of carbonyl (C=O) groups excluding carboxylic acids is 1.